The second kappa shape index (κ2) is 8.69. The lowest BCUT2D eigenvalue weighted by molar-refractivity contribution is -0.137. The average Bonchev–Trinajstić information content (AvgIpc) is 3.30. The number of thiophene rings is 1. The van der Waals surface area contributed by atoms with Gasteiger partial charge >= 0.3 is 0 Å². The van der Waals surface area contributed by atoms with Crippen LogP contribution in [0.3, 0.4) is 0 Å². The fourth-order valence-electron chi connectivity index (χ4n) is 4.42. The topological polar surface area (TPSA) is 60.9 Å². The van der Waals surface area contributed by atoms with Gasteiger partial charge in [-0.05, 0) is 50.3 Å². The van der Waals surface area contributed by atoms with Gasteiger partial charge < -0.3 is 9.80 Å². The minimum Gasteiger partial charge on any atom is -0.365 e. The van der Waals surface area contributed by atoms with Crippen LogP contribution in [0.1, 0.15) is 25.3 Å². The van der Waals surface area contributed by atoms with E-state index in [9.17, 15) is 13.2 Å². The lowest BCUT2D eigenvalue weighted by atomic mass is 9.95. The van der Waals surface area contributed by atoms with E-state index in [-0.39, 0.29) is 17.9 Å². The van der Waals surface area contributed by atoms with Crippen molar-refractivity contribution in [3.05, 3.63) is 47.3 Å². The summed E-state index contributed by atoms with van der Waals surface area (Å²) in [5.74, 6) is 0.0940. The minimum absolute atomic E-state index is 0.0853. The number of aryl methyl sites for hydroxylation is 1. The third-order valence-electron chi connectivity index (χ3n) is 6.20. The van der Waals surface area contributed by atoms with Gasteiger partial charge in [-0.15, -0.1) is 11.3 Å². The van der Waals surface area contributed by atoms with Gasteiger partial charge in [0.1, 0.15) is 4.21 Å². The molecule has 4 rings (SSSR count). The molecule has 1 atom stereocenters. The van der Waals surface area contributed by atoms with Gasteiger partial charge in [-0.2, -0.15) is 4.31 Å². The van der Waals surface area contributed by atoms with Gasteiger partial charge in [0, 0.05) is 50.4 Å². The van der Waals surface area contributed by atoms with E-state index >= 15 is 0 Å². The summed E-state index contributed by atoms with van der Waals surface area (Å²) in [5, 5.41) is 1.78. The number of piperazine rings is 1. The van der Waals surface area contributed by atoms with Crippen LogP contribution < -0.4 is 4.90 Å². The van der Waals surface area contributed by atoms with Crippen LogP contribution in [0.2, 0.25) is 0 Å². The van der Waals surface area contributed by atoms with Crippen molar-refractivity contribution in [2.75, 3.05) is 37.6 Å². The lowest BCUT2D eigenvalue weighted by Gasteiger charge is -2.43. The molecule has 3 heterocycles. The molecule has 2 aromatic rings. The number of anilines is 1. The fourth-order valence-corrected chi connectivity index (χ4v) is 7.03. The summed E-state index contributed by atoms with van der Waals surface area (Å²) in [6, 6.07) is 12.2. The van der Waals surface area contributed by atoms with Crippen LogP contribution in [0.15, 0.2) is 46.0 Å². The number of hydrogen-bond acceptors (Lipinski definition) is 5. The van der Waals surface area contributed by atoms with Crippen molar-refractivity contribution in [1.29, 1.82) is 0 Å². The highest BCUT2D eigenvalue weighted by Gasteiger charge is 2.36. The molecule has 2 aliphatic heterocycles. The molecule has 30 heavy (non-hydrogen) atoms. The molecular formula is C22H29N3O3S2. The molecule has 2 saturated heterocycles. The molecule has 162 valence electrons. The number of carbonyl (C=O) groups excluding carboxylic acids is 1. The normalized spacial score (nSPS) is 21.7. The van der Waals surface area contributed by atoms with Gasteiger partial charge in [0.2, 0.25) is 5.91 Å². The van der Waals surface area contributed by atoms with E-state index in [4.69, 9.17) is 0 Å². The molecule has 0 saturated carbocycles. The number of rotatable bonds is 4. The van der Waals surface area contributed by atoms with E-state index < -0.39 is 10.0 Å². The van der Waals surface area contributed by atoms with E-state index in [0.29, 0.717) is 43.2 Å². The number of hydrogen-bond donors (Lipinski definition) is 0. The first-order valence-corrected chi connectivity index (χ1v) is 12.8. The zero-order valence-electron chi connectivity index (χ0n) is 17.5. The van der Waals surface area contributed by atoms with Crippen LogP contribution in [0.5, 0.6) is 0 Å². The van der Waals surface area contributed by atoms with Crippen molar-refractivity contribution in [3.63, 3.8) is 0 Å². The van der Waals surface area contributed by atoms with E-state index in [1.807, 2.05) is 4.90 Å². The quantitative estimate of drug-likeness (QED) is 0.722. The average molecular weight is 448 g/mol. The Morgan fingerprint density at radius 2 is 1.73 bits per heavy atom. The van der Waals surface area contributed by atoms with Crippen LogP contribution in [0, 0.1) is 12.8 Å². The Morgan fingerprint density at radius 3 is 2.33 bits per heavy atom. The number of carbonyl (C=O) groups is 1. The van der Waals surface area contributed by atoms with Crippen molar-refractivity contribution in [2.45, 2.75) is 36.9 Å². The van der Waals surface area contributed by atoms with E-state index in [0.717, 1.165) is 6.54 Å². The third kappa shape index (κ3) is 4.26. The molecule has 1 aromatic heterocycles. The highest BCUT2D eigenvalue weighted by Crippen LogP contribution is 2.28. The molecule has 0 radical (unpaired) electrons. The Bertz CT molecular complexity index is 966. The summed E-state index contributed by atoms with van der Waals surface area (Å²) in [5.41, 5.74) is 2.44. The maximum atomic E-state index is 13.1. The Morgan fingerprint density at radius 1 is 1.03 bits per heavy atom. The summed E-state index contributed by atoms with van der Waals surface area (Å²) in [7, 11) is -3.42. The zero-order valence-corrected chi connectivity index (χ0v) is 19.2. The van der Waals surface area contributed by atoms with Gasteiger partial charge in [0.25, 0.3) is 10.0 Å². The van der Waals surface area contributed by atoms with Crippen LogP contribution >= 0.6 is 11.3 Å². The van der Waals surface area contributed by atoms with Gasteiger partial charge in [-0.3, -0.25) is 4.79 Å². The SMILES string of the molecule is Cc1ccc(N2CCN(C(=O)C3CCN(S(=O)(=O)c4cccs4)CC3)CC2C)cc1. The monoisotopic (exact) mass is 447 g/mol. The Kier molecular flexibility index (Phi) is 6.18. The molecule has 0 aliphatic carbocycles. The zero-order chi connectivity index (χ0) is 21.3. The van der Waals surface area contributed by atoms with E-state index in [2.05, 4.69) is 43.0 Å². The molecule has 8 heteroatoms. The van der Waals surface area contributed by atoms with E-state index in [1.165, 1.54) is 26.9 Å². The molecule has 6 nitrogen and oxygen atoms in total. The summed E-state index contributed by atoms with van der Waals surface area (Å²) in [4.78, 5) is 17.4. The largest absolute Gasteiger partial charge is 0.365 e. The summed E-state index contributed by atoms with van der Waals surface area (Å²) in [6.45, 7) is 7.31. The summed E-state index contributed by atoms with van der Waals surface area (Å²) >= 11 is 1.24. The van der Waals surface area contributed by atoms with Gasteiger partial charge in [-0.25, -0.2) is 8.42 Å². The number of benzene rings is 1. The molecule has 0 spiro atoms. The maximum Gasteiger partial charge on any atom is 0.252 e. The smallest absolute Gasteiger partial charge is 0.252 e. The highest BCUT2D eigenvalue weighted by atomic mass is 32.2. The first kappa shape index (κ1) is 21.3. The number of amides is 1. The number of piperidine rings is 1. The third-order valence-corrected chi connectivity index (χ3v) is 9.47. The molecular weight excluding hydrogens is 418 g/mol. The summed E-state index contributed by atoms with van der Waals surface area (Å²) < 4.78 is 27.3. The molecule has 0 N–H and O–H groups in total. The molecule has 1 unspecified atom stereocenters. The van der Waals surface area contributed by atoms with Crippen molar-refractivity contribution in [2.24, 2.45) is 5.92 Å². The first-order chi connectivity index (χ1) is 14.4. The second-order valence-corrected chi connectivity index (χ2v) is 11.4. The standard InChI is InChI=1S/C22H29N3O3S2/c1-17-5-7-20(8-6-17)25-14-13-23(16-18(25)2)22(26)19-9-11-24(12-10-19)30(27,28)21-4-3-15-29-21/h3-8,15,18-19H,9-14,16H2,1-2H3. The Hall–Kier alpha value is -1.90. The van der Waals surface area contributed by atoms with Crippen LogP contribution in [0.25, 0.3) is 0 Å². The van der Waals surface area contributed by atoms with Crippen LogP contribution in [-0.4, -0.2) is 62.3 Å². The second-order valence-electron chi connectivity index (χ2n) is 8.27. The van der Waals surface area contributed by atoms with Crippen molar-refractivity contribution < 1.29 is 13.2 Å². The lowest BCUT2D eigenvalue weighted by Crippen LogP contribution is -2.55. The Labute approximate surface area is 183 Å². The minimum atomic E-state index is -3.42. The number of nitrogens with zero attached hydrogens (tertiary/aromatic N) is 3. The van der Waals surface area contributed by atoms with Crippen LogP contribution in [-0.2, 0) is 14.8 Å². The molecule has 0 bridgehead atoms. The van der Waals surface area contributed by atoms with E-state index in [1.54, 1.807) is 17.5 Å². The van der Waals surface area contributed by atoms with Crippen molar-refractivity contribution in [1.82, 2.24) is 9.21 Å². The predicted molar refractivity (Wildman–Crippen MR) is 120 cm³/mol. The number of sulfonamides is 1. The van der Waals surface area contributed by atoms with Crippen molar-refractivity contribution in [3.8, 4) is 0 Å². The van der Waals surface area contributed by atoms with Crippen LogP contribution in [0.4, 0.5) is 5.69 Å². The first-order valence-electron chi connectivity index (χ1n) is 10.5. The summed E-state index contributed by atoms with van der Waals surface area (Å²) in [6.07, 6.45) is 1.19. The van der Waals surface area contributed by atoms with Gasteiger partial charge in [-0.1, -0.05) is 23.8 Å². The van der Waals surface area contributed by atoms with Gasteiger partial charge in [0.15, 0.2) is 0 Å². The van der Waals surface area contributed by atoms with Gasteiger partial charge in [0.05, 0.1) is 0 Å². The molecule has 2 fully saturated rings. The maximum absolute atomic E-state index is 13.1. The molecule has 1 amide bonds. The predicted octanol–water partition coefficient (Wildman–Crippen LogP) is 3.19. The highest BCUT2D eigenvalue weighted by molar-refractivity contribution is 7.91. The fraction of sp³-hybridized carbons (Fsp3) is 0.500. The Balaban J connectivity index is 1.33. The molecule has 1 aromatic carbocycles. The van der Waals surface area contributed by atoms with Crippen molar-refractivity contribution >= 4 is 33.0 Å². The molecule has 2 aliphatic rings.